The second-order valence-corrected chi connectivity index (χ2v) is 4.18. The van der Waals surface area contributed by atoms with Crippen LogP contribution in [-0.4, -0.2) is 64.4 Å². The molecule has 0 aromatic carbocycles. The van der Waals surface area contributed by atoms with E-state index >= 15 is 0 Å². The number of aliphatic hydroxyl groups excluding tert-OH is 1. The number of ether oxygens (including phenoxy) is 3. The van der Waals surface area contributed by atoms with Gasteiger partial charge in [0.2, 0.25) is 0 Å². The first-order valence-corrected chi connectivity index (χ1v) is 6.84. The number of hydrogen-bond donors (Lipinski definition) is 2. The maximum absolute atomic E-state index is 9.60. The molecule has 1 unspecified atom stereocenters. The van der Waals surface area contributed by atoms with Crippen molar-refractivity contribution in [3.05, 3.63) is 0 Å². The number of unbranched alkanes of at least 4 members (excludes halogenated alkanes) is 2. The monoisotopic (exact) mass is 263 g/mol. The Kier molecular flexibility index (Phi) is 14.7. The fourth-order valence-corrected chi connectivity index (χ4v) is 1.48. The van der Waals surface area contributed by atoms with Crippen LogP contribution < -0.4 is 5.32 Å². The van der Waals surface area contributed by atoms with E-state index in [0.717, 1.165) is 32.4 Å². The fraction of sp³-hybridized carbons (Fsp3) is 1.00. The van der Waals surface area contributed by atoms with Crippen LogP contribution in [0.3, 0.4) is 0 Å². The Morgan fingerprint density at radius 1 is 1.06 bits per heavy atom. The van der Waals surface area contributed by atoms with Crippen molar-refractivity contribution in [2.75, 3.05) is 53.2 Å². The lowest BCUT2D eigenvalue weighted by Crippen LogP contribution is -2.31. The van der Waals surface area contributed by atoms with Crippen molar-refractivity contribution in [1.29, 1.82) is 0 Å². The number of rotatable bonds is 14. The summed E-state index contributed by atoms with van der Waals surface area (Å²) in [5, 5.41) is 12.8. The predicted molar refractivity (Wildman–Crippen MR) is 71.9 cm³/mol. The van der Waals surface area contributed by atoms with Crippen molar-refractivity contribution in [1.82, 2.24) is 5.32 Å². The van der Waals surface area contributed by atoms with E-state index < -0.39 is 6.10 Å². The van der Waals surface area contributed by atoms with Crippen LogP contribution in [0.25, 0.3) is 0 Å². The quantitative estimate of drug-likeness (QED) is 0.454. The Morgan fingerprint density at radius 3 is 2.56 bits per heavy atom. The largest absolute Gasteiger partial charge is 0.389 e. The fourth-order valence-electron chi connectivity index (χ4n) is 1.48. The van der Waals surface area contributed by atoms with Gasteiger partial charge in [-0.05, 0) is 32.7 Å². The van der Waals surface area contributed by atoms with Gasteiger partial charge in [-0.2, -0.15) is 0 Å². The Morgan fingerprint density at radius 2 is 1.83 bits per heavy atom. The highest BCUT2D eigenvalue weighted by Gasteiger charge is 2.03. The zero-order chi connectivity index (χ0) is 13.5. The third-order valence-corrected chi connectivity index (χ3v) is 2.47. The lowest BCUT2D eigenvalue weighted by molar-refractivity contribution is 0.00654. The molecule has 5 nitrogen and oxygen atoms in total. The van der Waals surface area contributed by atoms with Crippen molar-refractivity contribution in [3.63, 3.8) is 0 Å². The van der Waals surface area contributed by atoms with Crippen LogP contribution in [-0.2, 0) is 14.2 Å². The molecule has 1 atom stereocenters. The Hall–Kier alpha value is -0.200. The summed E-state index contributed by atoms with van der Waals surface area (Å²) >= 11 is 0. The van der Waals surface area contributed by atoms with E-state index in [0.29, 0.717) is 33.0 Å². The Balaban J connectivity index is 3.09. The molecule has 0 spiro atoms. The highest BCUT2D eigenvalue weighted by molar-refractivity contribution is 4.58. The molecule has 0 aromatic rings. The van der Waals surface area contributed by atoms with Crippen molar-refractivity contribution >= 4 is 0 Å². The molecule has 0 aliphatic rings. The molecule has 0 amide bonds. The SMILES string of the molecule is CCOCCOCC(O)CNCCCCCOC. The molecule has 0 rings (SSSR count). The van der Waals surface area contributed by atoms with Crippen molar-refractivity contribution < 1.29 is 19.3 Å². The molecule has 0 saturated heterocycles. The minimum absolute atomic E-state index is 0.365. The average molecular weight is 263 g/mol. The molecule has 0 aliphatic carbocycles. The lowest BCUT2D eigenvalue weighted by atomic mass is 10.2. The van der Waals surface area contributed by atoms with Gasteiger partial charge >= 0.3 is 0 Å². The summed E-state index contributed by atoms with van der Waals surface area (Å²) in [5.41, 5.74) is 0. The summed E-state index contributed by atoms with van der Waals surface area (Å²) in [5.74, 6) is 0. The summed E-state index contributed by atoms with van der Waals surface area (Å²) < 4.78 is 15.4. The first kappa shape index (κ1) is 17.8. The molecule has 0 aromatic heterocycles. The van der Waals surface area contributed by atoms with E-state index in [1.54, 1.807) is 7.11 Å². The van der Waals surface area contributed by atoms with Gasteiger partial charge in [-0.3, -0.25) is 0 Å². The number of hydrogen-bond acceptors (Lipinski definition) is 5. The van der Waals surface area contributed by atoms with Crippen LogP contribution in [0.4, 0.5) is 0 Å². The highest BCUT2D eigenvalue weighted by Crippen LogP contribution is 1.94. The second-order valence-electron chi connectivity index (χ2n) is 4.18. The highest BCUT2D eigenvalue weighted by atomic mass is 16.5. The minimum atomic E-state index is -0.439. The van der Waals surface area contributed by atoms with E-state index in [4.69, 9.17) is 14.2 Å². The van der Waals surface area contributed by atoms with E-state index in [1.165, 1.54) is 0 Å². The second kappa shape index (κ2) is 14.9. The van der Waals surface area contributed by atoms with Gasteiger partial charge < -0.3 is 24.6 Å². The Labute approximate surface area is 111 Å². The maximum atomic E-state index is 9.60. The normalized spacial score (nSPS) is 12.8. The molecule has 110 valence electrons. The molecule has 18 heavy (non-hydrogen) atoms. The van der Waals surface area contributed by atoms with E-state index in [-0.39, 0.29) is 0 Å². The smallest absolute Gasteiger partial charge is 0.0897 e. The van der Waals surface area contributed by atoms with Crippen LogP contribution in [0.2, 0.25) is 0 Å². The average Bonchev–Trinajstić information content (AvgIpc) is 2.37. The standard InChI is InChI=1S/C13H29NO4/c1-3-17-9-10-18-12-13(15)11-14-7-5-4-6-8-16-2/h13-15H,3-12H2,1-2H3. The molecular formula is C13H29NO4. The van der Waals surface area contributed by atoms with Gasteiger partial charge in [-0.1, -0.05) is 0 Å². The van der Waals surface area contributed by atoms with Gasteiger partial charge in [0.05, 0.1) is 25.9 Å². The van der Waals surface area contributed by atoms with Crippen LogP contribution in [0, 0.1) is 0 Å². The molecule has 0 saturated carbocycles. The predicted octanol–water partition coefficient (Wildman–Crippen LogP) is 0.807. The number of methoxy groups -OCH3 is 1. The molecule has 0 fully saturated rings. The van der Waals surface area contributed by atoms with Crippen molar-refractivity contribution in [2.45, 2.75) is 32.3 Å². The molecule has 0 radical (unpaired) electrons. The molecule has 0 aliphatic heterocycles. The minimum Gasteiger partial charge on any atom is -0.389 e. The zero-order valence-corrected chi connectivity index (χ0v) is 11.8. The zero-order valence-electron chi connectivity index (χ0n) is 11.8. The molecule has 5 heteroatoms. The van der Waals surface area contributed by atoms with E-state index in [2.05, 4.69) is 5.32 Å². The molecular weight excluding hydrogens is 234 g/mol. The van der Waals surface area contributed by atoms with Crippen LogP contribution in [0.5, 0.6) is 0 Å². The summed E-state index contributed by atoms with van der Waals surface area (Å²) in [6, 6.07) is 0. The maximum Gasteiger partial charge on any atom is 0.0897 e. The van der Waals surface area contributed by atoms with E-state index in [1.807, 2.05) is 6.92 Å². The van der Waals surface area contributed by atoms with Crippen molar-refractivity contribution in [2.24, 2.45) is 0 Å². The first-order valence-electron chi connectivity index (χ1n) is 6.84. The van der Waals surface area contributed by atoms with Gasteiger partial charge in [0, 0.05) is 26.9 Å². The third-order valence-electron chi connectivity index (χ3n) is 2.47. The summed E-state index contributed by atoms with van der Waals surface area (Å²) in [4.78, 5) is 0. The van der Waals surface area contributed by atoms with Gasteiger partial charge in [0.25, 0.3) is 0 Å². The van der Waals surface area contributed by atoms with Crippen LogP contribution in [0.1, 0.15) is 26.2 Å². The first-order chi connectivity index (χ1) is 8.81. The van der Waals surface area contributed by atoms with Gasteiger partial charge in [0.15, 0.2) is 0 Å². The van der Waals surface area contributed by atoms with Gasteiger partial charge in [0.1, 0.15) is 0 Å². The summed E-state index contributed by atoms with van der Waals surface area (Å²) in [6.07, 6.45) is 2.93. The Bertz CT molecular complexity index is 158. The summed E-state index contributed by atoms with van der Waals surface area (Å²) in [7, 11) is 1.72. The molecule has 0 heterocycles. The number of aliphatic hydroxyl groups is 1. The van der Waals surface area contributed by atoms with Crippen molar-refractivity contribution in [3.8, 4) is 0 Å². The van der Waals surface area contributed by atoms with Gasteiger partial charge in [-0.15, -0.1) is 0 Å². The molecule has 0 bridgehead atoms. The topological polar surface area (TPSA) is 60.0 Å². The van der Waals surface area contributed by atoms with Gasteiger partial charge in [-0.25, -0.2) is 0 Å². The molecule has 2 N–H and O–H groups in total. The third kappa shape index (κ3) is 13.9. The summed E-state index contributed by atoms with van der Waals surface area (Å²) in [6.45, 7) is 6.50. The number of nitrogens with one attached hydrogen (secondary N) is 1. The van der Waals surface area contributed by atoms with E-state index in [9.17, 15) is 5.11 Å². The lowest BCUT2D eigenvalue weighted by Gasteiger charge is -2.12. The van der Waals surface area contributed by atoms with Crippen LogP contribution >= 0.6 is 0 Å². The van der Waals surface area contributed by atoms with Crippen LogP contribution in [0.15, 0.2) is 0 Å².